The highest BCUT2D eigenvalue weighted by Crippen LogP contribution is 2.21. The lowest BCUT2D eigenvalue weighted by Gasteiger charge is -2.05. The Bertz CT molecular complexity index is 592. The highest BCUT2D eigenvalue weighted by molar-refractivity contribution is 6.33. The molecule has 1 heterocycles. The van der Waals surface area contributed by atoms with Gasteiger partial charge in [-0.15, -0.1) is 0 Å². The van der Waals surface area contributed by atoms with Gasteiger partial charge in [-0.1, -0.05) is 11.6 Å². The van der Waals surface area contributed by atoms with E-state index in [1.807, 2.05) is 23.0 Å². The zero-order valence-electron chi connectivity index (χ0n) is 10.2. The summed E-state index contributed by atoms with van der Waals surface area (Å²) in [6.45, 7) is 0.162. The minimum Gasteiger partial charge on any atom is -0.478 e. The van der Waals surface area contributed by atoms with Gasteiger partial charge in [0, 0.05) is 24.7 Å². The Kier molecular flexibility index (Phi) is 4.24. The summed E-state index contributed by atoms with van der Waals surface area (Å²) in [7, 11) is 0. The lowest BCUT2D eigenvalue weighted by molar-refractivity contribution is 0.0697. The van der Waals surface area contributed by atoms with E-state index < -0.39 is 5.97 Å². The number of rotatable bonds is 5. The van der Waals surface area contributed by atoms with Gasteiger partial charge in [-0.3, -0.25) is 0 Å². The first-order chi connectivity index (χ1) is 9.11. The summed E-state index contributed by atoms with van der Waals surface area (Å²) in [5.74, 6) is -1.04. The van der Waals surface area contributed by atoms with Crippen LogP contribution in [-0.4, -0.2) is 27.4 Å². The summed E-state index contributed by atoms with van der Waals surface area (Å²) < 4.78 is 1.84. The fourth-order valence-electron chi connectivity index (χ4n) is 1.87. The zero-order valence-corrected chi connectivity index (χ0v) is 11.0. The molecule has 2 aromatic rings. The maximum atomic E-state index is 11.0. The molecule has 0 atom stereocenters. The molecule has 0 radical (unpaired) electrons. The Hall–Kier alpha value is -1.78. The van der Waals surface area contributed by atoms with Gasteiger partial charge in [0.2, 0.25) is 0 Å². The first kappa shape index (κ1) is 13.6. The number of carbonyl (C=O) groups is 1. The van der Waals surface area contributed by atoms with Gasteiger partial charge in [-0.05, 0) is 42.7 Å². The van der Waals surface area contributed by atoms with Crippen LogP contribution < -0.4 is 0 Å². The summed E-state index contributed by atoms with van der Waals surface area (Å²) in [6.07, 6.45) is 5.29. The topological polar surface area (TPSA) is 62.5 Å². The van der Waals surface area contributed by atoms with Crippen molar-refractivity contribution in [3.05, 3.63) is 52.8 Å². The highest BCUT2D eigenvalue weighted by Gasteiger charge is 2.10. The van der Waals surface area contributed by atoms with Crippen LogP contribution in [0, 0.1) is 0 Å². The van der Waals surface area contributed by atoms with Gasteiger partial charge in [-0.2, -0.15) is 0 Å². The average molecular weight is 280 g/mol. The van der Waals surface area contributed by atoms with Crippen LogP contribution in [0.3, 0.4) is 0 Å². The van der Waals surface area contributed by atoms with Crippen LogP contribution in [0.1, 0.15) is 22.3 Å². The summed E-state index contributed by atoms with van der Waals surface area (Å²) in [6, 6.07) is 6.84. The number of aliphatic hydroxyl groups is 1. The third-order valence-corrected chi connectivity index (χ3v) is 3.19. The summed E-state index contributed by atoms with van der Waals surface area (Å²) in [4.78, 5) is 11.0. The zero-order chi connectivity index (χ0) is 13.8. The SMILES string of the molecule is O=C(O)c1cc(-n2ccc(CCCO)c2)ccc1Cl. The molecular formula is C14H14ClNO3. The Balaban J connectivity index is 2.29. The molecule has 0 bridgehead atoms. The second-order valence-electron chi connectivity index (χ2n) is 4.22. The van der Waals surface area contributed by atoms with Gasteiger partial charge in [0.25, 0.3) is 0 Å². The standard InChI is InChI=1S/C14H14ClNO3/c15-13-4-3-11(8-12(13)14(18)19)16-6-5-10(9-16)2-1-7-17/h3-6,8-9,17H,1-2,7H2,(H,18,19). The first-order valence-corrected chi connectivity index (χ1v) is 6.30. The Labute approximate surface area is 115 Å². The second-order valence-corrected chi connectivity index (χ2v) is 4.63. The molecule has 0 aliphatic heterocycles. The molecule has 5 heteroatoms. The quantitative estimate of drug-likeness (QED) is 0.885. The number of aromatic carboxylic acids is 1. The number of halogens is 1. The number of hydrogen-bond acceptors (Lipinski definition) is 2. The van der Waals surface area contributed by atoms with E-state index in [0.717, 1.165) is 17.7 Å². The molecule has 0 aliphatic carbocycles. The summed E-state index contributed by atoms with van der Waals surface area (Å²) >= 11 is 5.83. The van der Waals surface area contributed by atoms with Crippen LogP contribution in [0.4, 0.5) is 0 Å². The molecule has 0 saturated heterocycles. The molecule has 2 N–H and O–H groups in total. The Morgan fingerprint density at radius 3 is 2.79 bits per heavy atom. The average Bonchev–Trinajstić information content (AvgIpc) is 2.85. The highest BCUT2D eigenvalue weighted by atomic mass is 35.5. The fraction of sp³-hybridized carbons (Fsp3) is 0.214. The van der Waals surface area contributed by atoms with Crippen LogP contribution in [0.25, 0.3) is 5.69 Å². The minimum absolute atomic E-state index is 0.0878. The number of benzene rings is 1. The largest absolute Gasteiger partial charge is 0.478 e. The predicted octanol–water partition coefficient (Wildman–Crippen LogP) is 2.75. The van der Waals surface area contributed by atoms with E-state index in [0.29, 0.717) is 6.42 Å². The van der Waals surface area contributed by atoms with Gasteiger partial charge in [-0.25, -0.2) is 4.79 Å². The molecule has 2 rings (SSSR count). The van der Waals surface area contributed by atoms with Crippen molar-refractivity contribution in [1.29, 1.82) is 0 Å². The van der Waals surface area contributed by atoms with Crippen molar-refractivity contribution in [3.63, 3.8) is 0 Å². The van der Waals surface area contributed by atoms with Crippen LogP contribution in [0.15, 0.2) is 36.7 Å². The number of nitrogens with zero attached hydrogens (tertiary/aromatic N) is 1. The monoisotopic (exact) mass is 279 g/mol. The third-order valence-electron chi connectivity index (χ3n) is 2.86. The van der Waals surface area contributed by atoms with Crippen molar-refractivity contribution in [2.75, 3.05) is 6.61 Å². The molecule has 0 saturated carbocycles. The molecule has 0 amide bonds. The van der Waals surface area contributed by atoms with Gasteiger partial charge in [0.1, 0.15) is 0 Å². The predicted molar refractivity (Wildman–Crippen MR) is 73.1 cm³/mol. The van der Waals surface area contributed by atoms with Crippen molar-refractivity contribution >= 4 is 17.6 Å². The molecule has 4 nitrogen and oxygen atoms in total. The number of carboxylic acid groups (broad SMARTS) is 1. The van der Waals surface area contributed by atoms with Crippen molar-refractivity contribution in [2.24, 2.45) is 0 Å². The molecule has 0 aliphatic rings. The summed E-state index contributed by atoms with van der Waals surface area (Å²) in [5.41, 5.74) is 1.93. The Morgan fingerprint density at radius 1 is 1.32 bits per heavy atom. The smallest absolute Gasteiger partial charge is 0.337 e. The van der Waals surface area contributed by atoms with Crippen LogP contribution in [-0.2, 0) is 6.42 Å². The number of hydrogen-bond donors (Lipinski definition) is 2. The van der Waals surface area contributed by atoms with Crippen molar-refractivity contribution < 1.29 is 15.0 Å². The van der Waals surface area contributed by atoms with E-state index in [9.17, 15) is 4.79 Å². The second kappa shape index (κ2) is 5.91. The molecule has 0 unspecified atom stereocenters. The van der Waals surface area contributed by atoms with E-state index in [4.69, 9.17) is 21.8 Å². The van der Waals surface area contributed by atoms with E-state index in [2.05, 4.69) is 0 Å². The van der Waals surface area contributed by atoms with Crippen LogP contribution >= 0.6 is 11.6 Å². The maximum Gasteiger partial charge on any atom is 0.337 e. The molecule has 0 spiro atoms. The van der Waals surface area contributed by atoms with Gasteiger partial charge >= 0.3 is 5.97 Å². The van der Waals surface area contributed by atoms with E-state index in [1.54, 1.807) is 18.2 Å². The lowest BCUT2D eigenvalue weighted by Crippen LogP contribution is -2.00. The van der Waals surface area contributed by atoms with Crippen molar-refractivity contribution in [1.82, 2.24) is 4.57 Å². The summed E-state index contributed by atoms with van der Waals surface area (Å²) in [5, 5.41) is 18.1. The van der Waals surface area contributed by atoms with E-state index in [1.165, 1.54) is 0 Å². The molecule has 100 valence electrons. The number of carboxylic acids is 1. The maximum absolute atomic E-state index is 11.0. The normalized spacial score (nSPS) is 10.6. The number of aliphatic hydroxyl groups excluding tert-OH is 1. The molecule has 19 heavy (non-hydrogen) atoms. The Morgan fingerprint density at radius 2 is 2.11 bits per heavy atom. The third kappa shape index (κ3) is 3.16. The van der Waals surface area contributed by atoms with E-state index >= 15 is 0 Å². The molecule has 1 aromatic carbocycles. The minimum atomic E-state index is -1.04. The lowest BCUT2D eigenvalue weighted by atomic mass is 10.2. The molecular weight excluding hydrogens is 266 g/mol. The van der Waals surface area contributed by atoms with Crippen LogP contribution in [0.2, 0.25) is 5.02 Å². The van der Waals surface area contributed by atoms with Gasteiger partial charge in [0.15, 0.2) is 0 Å². The first-order valence-electron chi connectivity index (χ1n) is 5.93. The van der Waals surface area contributed by atoms with Crippen LogP contribution in [0.5, 0.6) is 0 Å². The number of aromatic nitrogens is 1. The fourth-order valence-corrected chi connectivity index (χ4v) is 2.07. The molecule has 0 fully saturated rings. The molecule has 1 aromatic heterocycles. The van der Waals surface area contributed by atoms with Gasteiger partial charge < -0.3 is 14.8 Å². The van der Waals surface area contributed by atoms with Crippen molar-refractivity contribution in [3.8, 4) is 5.69 Å². The van der Waals surface area contributed by atoms with E-state index in [-0.39, 0.29) is 17.2 Å². The van der Waals surface area contributed by atoms with Crippen molar-refractivity contribution in [2.45, 2.75) is 12.8 Å². The van der Waals surface area contributed by atoms with Gasteiger partial charge in [0.05, 0.1) is 10.6 Å². The number of aryl methyl sites for hydroxylation is 1.